The zero-order valence-corrected chi connectivity index (χ0v) is 16.9. The number of aryl methyl sites for hydroxylation is 1. The van der Waals surface area contributed by atoms with Gasteiger partial charge in [-0.25, -0.2) is 12.8 Å². The van der Waals surface area contributed by atoms with E-state index in [0.29, 0.717) is 5.71 Å². The molecule has 5 nitrogen and oxygen atoms in total. The van der Waals surface area contributed by atoms with Crippen LogP contribution < -0.4 is 0 Å². The summed E-state index contributed by atoms with van der Waals surface area (Å²) in [6.45, 7) is 2.42. The number of rotatable bonds is 5. The van der Waals surface area contributed by atoms with Gasteiger partial charge in [0.05, 0.1) is 33.7 Å². The Labute approximate surface area is 168 Å². The van der Waals surface area contributed by atoms with Crippen molar-refractivity contribution in [2.24, 2.45) is 11.1 Å². The SMILES string of the molecule is CCCc1ccc(S(=O)(=O)N2CC3ON=C(c4c(F)cccc4Cl)C3C2)cc1. The molecule has 28 heavy (non-hydrogen) atoms. The Morgan fingerprint density at radius 3 is 2.64 bits per heavy atom. The van der Waals surface area contributed by atoms with E-state index in [0.717, 1.165) is 18.4 Å². The van der Waals surface area contributed by atoms with Crippen molar-refractivity contribution in [2.75, 3.05) is 13.1 Å². The van der Waals surface area contributed by atoms with Crippen molar-refractivity contribution in [3.8, 4) is 0 Å². The molecule has 2 aliphatic rings. The van der Waals surface area contributed by atoms with Crippen LogP contribution in [0.4, 0.5) is 4.39 Å². The summed E-state index contributed by atoms with van der Waals surface area (Å²) in [6, 6.07) is 11.4. The lowest BCUT2D eigenvalue weighted by atomic mass is 9.94. The zero-order chi connectivity index (χ0) is 19.9. The third kappa shape index (κ3) is 3.32. The molecule has 2 heterocycles. The number of oxime groups is 1. The first kappa shape index (κ1) is 19.4. The fourth-order valence-corrected chi connectivity index (χ4v) is 5.47. The molecule has 1 fully saturated rings. The largest absolute Gasteiger partial charge is 0.390 e. The summed E-state index contributed by atoms with van der Waals surface area (Å²) in [5.41, 5.74) is 1.65. The fourth-order valence-electron chi connectivity index (χ4n) is 3.74. The molecular weight excluding hydrogens is 403 g/mol. The summed E-state index contributed by atoms with van der Waals surface area (Å²) in [7, 11) is -3.67. The van der Waals surface area contributed by atoms with Gasteiger partial charge in [-0.15, -0.1) is 0 Å². The molecule has 148 valence electrons. The summed E-state index contributed by atoms with van der Waals surface area (Å²) in [6.07, 6.45) is 1.46. The summed E-state index contributed by atoms with van der Waals surface area (Å²) >= 11 is 6.15. The van der Waals surface area contributed by atoms with Gasteiger partial charge >= 0.3 is 0 Å². The molecule has 0 amide bonds. The van der Waals surface area contributed by atoms with E-state index in [-0.39, 0.29) is 34.5 Å². The van der Waals surface area contributed by atoms with E-state index in [2.05, 4.69) is 12.1 Å². The standard InChI is InChI=1S/C20H20ClFN2O3S/c1-2-4-13-7-9-14(10-8-13)28(25,26)24-11-15-18(12-24)27-23-20(15)19-16(21)5-3-6-17(19)22/h3,5-10,15,18H,2,4,11-12H2,1H3. The first-order valence-corrected chi connectivity index (χ1v) is 11.0. The van der Waals surface area contributed by atoms with Crippen LogP contribution in [0.25, 0.3) is 0 Å². The number of sulfonamides is 1. The van der Waals surface area contributed by atoms with Gasteiger partial charge in [0.25, 0.3) is 0 Å². The van der Waals surface area contributed by atoms with Crippen molar-refractivity contribution in [3.05, 3.63) is 64.4 Å². The van der Waals surface area contributed by atoms with Crippen LogP contribution in [0.15, 0.2) is 52.5 Å². The first-order valence-electron chi connectivity index (χ1n) is 9.19. The highest BCUT2D eigenvalue weighted by Crippen LogP contribution is 2.35. The zero-order valence-electron chi connectivity index (χ0n) is 15.3. The van der Waals surface area contributed by atoms with E-state index in [1.165, 1.54) is 16.4 Å². The van der Waals surface area contributed by atoms with Crippen molar-refractivity contribution in [1.82, 2.24) is 4.31 Å². The van der Waals surface area contributed by atoms with E-state index in [9.17, 15) is 12.8 Å². The van der Waals surface area contributed by atoms with E-state index < -0.39 is 21.9 Å². The minimum absolute atomic E-state index is 0.169. The molecule has 2 aliphatic heterocycles. The topological polar surface area (TPSA) is 59.0 Å². The lowest BCUT2D eigenvalue weighted by Gasteiger charge is -2.17. The molecule has 4 rings (SSSR count). The second kappa shape index (κ2) is 7.46. The molecule has 0 radical (unpaired) electrons. The van der Waals surface area contributed by atoms with Crippen LogP contribution in [0.1, 0.15) is 24.5 Å². The molecule has 0 aromatic heterocycles. The number of halogens is 2. The maximum Gasteiger partial charge on any atom is 0.243 e. The quantitative estimate of drug-likeness (QED) is 0.735. The number of hydrogen-bond acceptors (Lipinski definition) is 4. The highest BCUT2D eigenvalue weighted by atomic mass is 35.5. The smallest absolute Gasteiger partial charge is 0.243 e. The molecule has 1 saturated heterocycles. The van der Waals surface area contributed by atoms with Gasteiger partial charge in [-0.2, -0.15) is 4.31 Å². The normalized spacial score (nSPS) is 22.0. The average molecular weight is 423 g/mol. The van der Waals surface area contributed by atoms with Crippen LogP contribution in [0.3, 0.4) is 0 Å². The number of benzene rings is 2. The van der Waals surface area contributed by atoms with Crippen LogP contribution in [0.5, 0.6) is 0 Å². The number of nitrogens with zero attached hydrogens (tertiary/aromatic N) is 2. The highest BCUT2D eigenvalue weighted by molar-refractivity contribution is 7.89. The van der Waals surface area contributed by atoms with Crippen LogP contribution in [-0.4, -0.2) is 37.6 Å². The first-order chi connectivity index (χ1) is 13.4. The maximum absolute atomic E-state index is 14.3. The predicted molar refractivity (Wildman–Crippen MR) is 106 cm³/mol. The molecule has 0 saturated carbocycles. The molecule has 0 bridgehead atoms. The van der Waals surface area contributed by atoms with Gasteiger partial charge in [0, 0.05) is 6.54 Å². The molecular formula is C20H20ClFN2O3S. The monoisotopic (exact) mass is 422 g/mol. The van der Waals surface area contributed by atoms with Crippen molar-refractivity contribution in [1.29, 1.82) is 0 Å². The Morgan fingerprint density at radius 2 is 1.96 bits per heavy atom. The summed E-state index contributed by atoms with van der Waals surface area (Å²) in [4.78, 5) is 5.67. The Bertz CT molecular complexity index is 1000. The van der Waals surface area contributed by atoms with Gasteiger partial charge in [-0.3, -0.25) is 0 Å². The molecule has 2 aromatic carbocycles. The van der Waals surface area contributed by atoms with Gasteiger partial charge in [-0.1, -0.05) is 48.3 Å². The van der Waals surface area contributed by atoms with Crippen molar-refractivity contribution >= 4 is 27.3 Å². The lowest BCUT2D eigenvalue weighted by Crippen LogP contribution is -2.30. The lowest BCUT2D eigenvalue weighted by molar-refractivity contribution is 0.0803. The van der Waals surface area contributed by atoms with Gasteiger partial charge in [0.1, 0.15) is 5.82 Å². The fraction of sp³-hybridized carbons (Fsp3) is 0.350. The van der Waals surface area contributed by atoms with Gasteiger partial charge in [0.15, 0.2) is 6.10 Å². The van der Waals surface area contributed by atoms with Gasteiger partial charge in [-0.05, 0) is 36.2 Å². The summed E-state index contributed by atoms with van der Waals surface area (Å²) in [5, 5.41) is 4.24. The second-order valence-corrected chi connectivity index (χ2v) is 9.38. The third-order valence-electron chi connectivity index (χ3n) is 5.19. The molecule has 0 aliphatic carbocycles. The summed E-state index contributed by atoms with van der Waals surface area (Å²) in [5.74, 6) is -0.855. The third-order valence-corrected chi connectivity index (χ3v) is 7.35. The molecule has 2 aromatic rings. The number of fused-ring (bicyclic) bond motifs is 1. The Kier molecular flexibility index (Phi) is 5.16. The number of hydrogen-bond donors (Lipinski definition) is 0. The maximum atomic E-state index is 14.3. The highest BCUT2D eigenvalue weighted by Gasteiger charge is 2.47. The van der Waals surface area contributed by atoms with E-state index in [4.69, 9.17) is 16.4 Å². The van der Waals surface area contributed by atoms with Gasteiger partial charge in [0.2, 0.25) is 10.0 Å². The second-order valence-electron chi connectivity index (χ2n) is 7.04. The molecule has 0 N–H and O–H groups in total. The Balaban J connectivity index is 1.58. The minimum atomic E-state index is -3.67. The van der Waals surface area contributed by atoms with E-state index in [1.54, 1.807) is 18.2 Å². The molecule has 2 unspecified atom stereocenters. The van der Waals surface area contributed by atoms with Crippen molar-refractivity contribution in [2.45, 2.75) is 30.8 Å². The van der Waals surface area contributed by atoms with Crippen molar-refractivity contribution in [3.63, 3.8) is 0 Å². The Hall–Kier alpha value is -1.96. The van der Waals surface area contributed by atoms with E-state index >= 15 is 0 Å². The molecule has 2 atom stereocenters. The minimum Gasteiger partial charge on any atom is -0.390 e. The summed E-state index contributed by atoms with van der Waals surface area (Å²) < 4.78 is 41.8. The van der Waals surface area contributed by atoms with Crippen molar-refractivity contribution < 1.29 is 17.6 Å². The predicted octanol–water partition coefficient (Wildman–Crippen LogP) is 3.86. The van der Waals surface area contributed by atoms with Crippen LogP contribution in [0.2, 0.25) is 5.02 Å². The van der Waals surface area contributed by atoms with Gasteiger partial charge < -0.3 is 4.84 Å². The molecule has 8 heteroatoms. The van der Waals surface area contributed by atoms with Crippen LogP contribution >= 0.6 is 11.6 Å². The molecule has 0 spiro atoms. The van der Waals surface area contributed by atoms with E-state index in [1.807, 2.05) is 12.1 Å². The average Bonchev–Trinajstić information content (AvgIpc) is 3.25. The van der Waals surface area contributed by atoms with Crippen LogP contribution in [-0.2, 0) is 21.3 Å². The Morgan fingerprint density at radius 1 is 1.21 bits per heavy atom. The van der Waals surface area contributed by atoms with Crippen LogP contribution in [0, 0.1) is 11.7 Å².